The molecule has 2 bridgehead atoms. The first-order chi connectivity index (χ1) is 24.2. The molecule has 0 amide bonds. The zero-order valence-electron chi connectivity index (χ0n) is 29.9. The average Bonchev–Trinajstić information content (AvgIpc) is 3.66. The van der Waals surface area contributed by atoms with Gasteiger partial charge in [-0.05, 0) is 132 Å². The fraction of sp³-hybridized carbons (Fsp3) is 0.375. The Balaban J connectivity index is 1.22. The highest BCUT2D eigenvalue weighted by Crippen LogP contribution is 2.89. The molecule has 5 aliphatic carbocycles. The van der Waals surface area contributed by atoms with E-state index in [0.29, 0.717) is 17.3 Å². The number of fused-ring (bicyclic) bond motifs is 8. The van der Waals surface area contributed by atoms with E-state index in [9.17, 15) is 0 Å². The normalized spacial score (nSPS) is 31.0. The molecule has 11 rings (SSSR count). The molecule has 6 unspecified atom stereocenters. The summed E-state index contributed by atoms with van der Waals surface area (Å²) in [4.78, 5) is 2.60. The molecule has 4 fully saturated rings. The number of hydrogen-bond donors (Lipinski definition) is 0. The van der Waals surface area contributed by atoms with Gasteiger partial charge < -0.3 is 9.64 Å². The van der Waals surface area contributed by atoms with Crippen LogP contribution in [-0.2, 0) is 16.2 Å². The second kappa shape index (κ2) is 9.72. The van der Waals surface area contributed by atoms with Crippen molar-refractivity contribution in [2.45, 2.75) is 82.5 Å². The van der Waals surface area contributed by atoms with Crippen molar-refractivity contribution in [1.29, 1.82) is 0 Å². The summed E-state index contributed by atoms with van der Waals surface area (Å²) >= 11 is 0. The van der Waals surface area contributed by atoms with E-state index in [2.05, 4.69) is 148 Å². The Morgan fingerprint density at radius 3 is 2.12 bits per heavy atom. The van der Waals surface area contributed by atoms with Crippen molar-refractivity contribution in [3.05, 3.63) is 138 Å². The van der Waals surface area contributed by atoms with Crippen LogP contribution in [0.2, 0.25) is 0 Å². The fourth-order valence-electron chi connectivity index (χ4n) is 13.0. The molecule has 2 nitrogen and oxygen atoms in total. The zero-order chi connectivity index (χ0) is 33.6. The lowest BCUT2D eigenvalue weighted by molar-refractivity contribution is -0.235. The number of benzene rings is 5. The molecule has 1 aliphatic heterocycles. The predicted molar refractivity (Wildman–Crippen MR) is 204 cm³/mol. The lowest BCUT2D eigenvalue weighted by atomic mass is 9.26. The smallest absolute Gasteiger partial charge is 0.139 e. The number of rotatable bonds is 4. The van der Waals surface area contributed by atoms with Gasteiger partial charge in [0.25, 0.3) is 0 Å². The number of nitrogens with zero attached hydrogens (tertiary/aromatic N) is 1. The molecule has 0 N–H and O–H groups in total. The minimum Gasteiger partial charge on any atom is -0.456 e. The monoisotopic (exact) mass is 653 g/mol. The summed E-state index contributed by atoms with van der Waals surface area (Å²) in [5.74, 6) is 5.37. The largest absolute Gasteiger partial charge is 0.456 e. The van der Waals surface area contributed by atoms with E-state index in [4.69, 9.17) is 4.74 Å². The molecule has 0 aromatic heterocycles. The van der Waals surface area contributed by atoms with Crippen LogP contribution < -0.4 is 9.64 Å². The lowest BCUT2D eigenvalue weighted by Crippen LogP contribution is -2.74. The third-order valence-electron chi connectivity index (χ3n) is 15.0. The van der Waals surface area contributed by atoms with Crippen LogP contribution in [0.3, 0.4) is 0 Å². The van der Waals surface area contributed by atoms with Gasteiger partial charge in [0, 0.05) is 33.5 Å². The second-order valence-corrected chi connectivity index (χ2v) is 18.0. The maximum Gasteiger partial charge on any atom is 0.139 e. The molecule has 50 heavy (non-hydrogen) atoms. The summed E-state index contributed by atoms with van der Waals surface area (Å²) in [6.45, 7) is 9.81. The van der Waals surface area contributed by atoms with Crippen molar-refractivity contribution in [1.82, 2.24) is 0 Å². The quantitative estimate of drug-likeness (QED) is 0.191. The van der Waals surface area contributed by atoms with Gasteiger partial charge >= 0.3 is 0 Å². The van der Waals surface area contributed by atoms with Gasteiger partial charge in [-0.25, -0.2) is 0 Å². The highest BCUT2D eigenvalue weighted by Gasteiger charge is 2.84. The molecule has 6 atom stereocenters. The second-order valence-electron chi connectivity index (χ2n) is 18.0. The summed E-state index contributed by atoms with van der Waals surface area (Å²) in [5.41, 5.74) is 12.8. The van der Waals surface area contributed by atoms with E-state index in [1.165, 1.54) is 89.0 Å². The minimum absolute atomic E-state index is 0.00484. The van der Waals surface area contributed by atoms with Gasteiger partial charge in [0.1, 0.15) is 11.5 Å². The fourth-order valence-corrected chi connectivity index (χ4v) is 13.0. The Morgan fingerprint density at radius 2 is 1.32 bits per heavy atom. The topological polar surface area (TPSA) is 12.5 Å². The molecule has 4 saturated carbocycles. The summed E-state index contributed by atoms with van der Waals surface area (Å²) in [5, 5.41) is 0. The maximum atomic E-state index is 7.16. The molecule has 0 radical (unpaired) electrons. The van der Waals surface area contributed by atoms with Gasteiger partial charge in [-0.1, -0.05) is 107 Å². The van der Waals surface area contributed by atoms with E-state index in [-0.39, 0.29) is 16.2 Å². The summed E-state index contributed by atoms with van der Waals surface area (Å²) in [7, 11) is 0. The Morgan fingerprint density at radius 1 is 0.620 bits per heavy atom. The van der Waals surface area contributed by atoms with Crippen molar-refractivity contribution >= 4 is 17.1 Å². The van der Waals surface area contributed by atoms with Crippen molar-refractivity contribution in [3.8, 4) is 22.6 Å². The van der Waals surface area contributed by atoms with Gasteiger partial charge in [-0.3, -0.25) is 0 Å². The zero-order valence-corrected chi connectivity index (χ0v) is 29.9. The number of ether oxygens (including phenoxy) is 1. The molecule has 1 heterocycles. The highest BCUT2D eigenvalue weighted by molar-refractivity contribution is 5.87. The molecule has 6 aliphatic rings. The Kier molecular flexibility index (Phi) is 5.72. The molecule has 5 aromatic rings. The van der Waals surface area contributed by atoms with Crippen LogP contribution in [0.15, 0.2) is 115 Å². The SMILES string of the molecule is CC1(C)CCC(C)(C)c2c(N(c3ccccc3)c3cc(-c4ccccc4)c4c(c3)C3(c5ccccc5O4)C4CC5CC6CC3C64C5)cccc21. The lowest BCUT2D eigenvalue weighted by Gasteiger charge is -2.77. The van der Waals surface area contributed by atoms with Crippen molar-refractivity contribution in [3.63, 3.8) is 0 Å². The first kappa shape index (κ1) is 29.4. The van der Waals surface area contributed by atoms with Crippen molar-refractivity contribution < 1.29 is 4.74 Å². The van der Waals surface area contributed by atoms with Gasteiger partial charge in [0.2, 0.25) is 0 Å². The van der Waals surface area contributed by atoms with Crippen molar-refractivity contribution in [2.75, 3.05) is 4.90 Å². The number of anilines is 3. The average molecular weight is 654 g/mol. The van der Waals surface area contributed by atoms with Crippen LogP contribution >= 0.6 is 0 Å². The number of para-hydroxylation sites is 2. The Bertz CT molecular complexity index is 2200. The van der Waals surface area contributed by atoms with E-state index in [1.807, 2.05) is 0 Å². The van der Waals surface area contributed by atoms with Gasteiger partial charge in [0.15, 0.2) is 0 Å². The van der Waals surface area contributed by atoms with Crippen LogP contribution in [-0.4, -0.2) is 0 Å². The summed E-state index contributed by atoms with van der Waals surface area (Å²) < 4.78 is 7.16. The minimum atomic E-state index is -0.00484. The molecular formula is C48H47NO. The maximum absolute atomic E-state index is 7.16. The van der Waals surface area contributed by atoms with E-state index in [1.54, 1.807) is 0 Å². The molecule has 5 aromatic carbocycles. The molecule has 2 heteroatoms. The summed E-state index contributed by atoms with van der Waals surface area (Å²) in [6.07, 6.45) is 8.02. The van der Waals surface area contributed by atoms with Crippen LogP contribution in [0.4, 0.5) is 17.1 Å². The van der Waals surface area contributed by atoms with E-state index in [0.717, 1.165) is 23.3 Å². The first-order valence-electron chi connectivity index (χ1n) is 19.2. The summed E-state index contributed by atoms with van der Waals surface area (Å²) in [6, 6.07) is 43.4. The molecule has 0 saturated heterocycles. The van der Waals surface area contributed by atoms with Gasteiger partial charge in [0.05, 0.1) is 5.69 Å². The Hall–Kier alpha value is -4.30. The molecule has 250 valence electrons. The van der Waals surface area contributed by atoms with E-state index >= 15 is 0 Å². The van der Waals surface area contributed by atoms with Crippen LogP contribution in [0.25, 0.3) is 11.1 Å². The van der Waals surface area contributed by atoms with Crippen LogP contribution in [0.1, 0.15) is 88.5 Å². The van der Waals surface area contributed by atoms with Crippen LogP contribution in [0, 0.1) is 29.1 Å². The third-order valence-corrected chi connectivity index (χ3v) is 15.0. The van der Waals surface area contributed by atoms with Crippen molar-refractivity contribution in [2.24, 2.45) is 29.1 Å². The third kappa shape index (κ3) is 3.51. The van der Waals surface area contributed by atoms with E-state index < -0.39 is 0 Å². The predicted octanol–water partition coefficient (Wildman–Crippen LogP) is 12.6. The standard InChI is InChI=1S/C48H47NO/c1-45(2)22-23-46(3,4)43-37(45)19-13-20-39(43)49(33-16-9-6-10-17-33)34-27-35(31-14-7-5-8-15-31)44-38(28-34)48(36-18-11-12-21-40(36)50-44)41-25-30-24-32-26-42(48)47(32,41)29-30/h5-21,27-28,30,32,41-42H,22-26,29H2,1-4H3. The Labute approximate surface area is 297 Å². The van der Waals surface area contributed by atoms with Gasteiger partial charge in [-0.2, -0.15) is 0 Å². The first-order valence-corrected chi connectivity index (χ1v) is 19.2. The number of hydrogen-bond acceptors (Lipinski definition) is 2. The highest BCUT2D eigenvalue weighted by atomic mass is 16.5. The molecular weight excluding hydrogens is 607 g/mol. The van der Waals surface area contributed by atoms with Crippen LogP contribution in [0.5, 0.6) is 11.5 Å². The van der Waals surface area contributed by atoms with Gasteiger partial charge in [-0.15, -0.1) is 0 Å². The molecule has 2 spiro atoms.